The van der Waals surface area contributed by atoms with Gasteiger partial charge in [-0.1, -0.05) is 32.4 Å². The summed E-state index contributed by atoms with van der Waals surface area (Å²) in [4.78, 5) is 35.7. The molecule has 0 saturated heterocycles. The van der Waals surface area contributed by atoms with Gasteiger partial charge in [0, 0.05) is 38.3 Å². The molecule has 0 aliphatic rings. The number of likely N-dealkylation sites (N-methyl/N-ethyl adjacent to an activating group) is 2. The predicted molar refractivity (Wildman–Crippen MR) is 102 cm³/mol. The standard InChI is InChI=1S/C16H23N3O3.C3H8/c1-17-14-7-4-6-12(11-21)13(14)10-19(3)15(8-5-9-20)16(22)18-2;1-3-2/h4,6-7,9,11,15,17H,5,8,10H2,1-3H3,(H,18,22);3H2,1-2H3. The molecular formula is C19H31N3O3. The Labute approximate surface area is 151 Å². The van der Waals surface area contributed by atoms with Gasteiger partial charge in [0.2, 0.25) is 5.91 Å². The van der Waals surface area contributed by atoms with Crippen LogP contribution in [0.15, 0.2) is 18.2 Å². The lowest BCUT2D eigenvalue weighted by Crippen LogP contribution is -2.43. The summed E-state index contributed by atoms with van der Waals surface area (Å²) in [7, 11) is 5.17. The number of hydrogen-bond donors (Lipinski definition) is 2. The first-order chi connectivity index (χ1) is 12.0. The van der Waals surface area contributed by atoms with Crippen molar-refractivity contribution in [1.29, 1.82) is 0 Å². The van der Waals surface area contributed by atoms with Crippen molar-refractivity contribution in [1.82, 2.24) is 10.2 Å². The van der Waals surface area contributed by atoms with Crippen molar-refractivity contribution in [3.63, 3.8) is 0 Å². The van der Waals surface area contributed by atoms with Crippen LogP contribution < -0.4 is 10.6 Å². The van der Waals surface area contributed by atoms with Crippen LogP contribution in [-0.2, 0) is 16.1 Å². The zero-order valence-corrected chi connectivity index (χ0v) is 16.0. The number of carbonyl (C=O) groups excluding carboxylic acids is 3. The molecule has 1 rings (SSSR count). The topological polar surface area (TPSA) is 78.5 Å². The van der Waals surface area contributed by atoms with E-state index < -0.39 is 6.04 Å². The number of carbonyl (C=O) groups is 3. The van der Waals surface area contributed by atoms with Crippen LogP contribution in [0.2, 0.25) is 0 Å². The van der Waals surface area contributed by atoms with E-state index in [1.165, 1.54) is 6.42 Å². The minimum Gasteiger partial charge on any atom is -0.388 e. The molecule has 0 spiro atoms. The van der Waals surface area contributed by atoms with E-state index in [-0.39, 0.29) is 5.91 Å². The Bertz CT molecular complexity index is 547. The van der Waals surface area contributed by atoms with Gasteiger partial charge in [0.15, 0.2) is 0 Å². The quantitative estimate of drug-likeness (QED) is 0.670. The van der Waals surface area contributed by atoms with Crippen molar-refractivity contribution < 1.29 is 14.4 Å². The summed E-state index contributed by atoms with van der Waals surface area (Å²) in [6.45, 7) is 4.68. The van der Waals surface area contributed by atoms with Crippen molar-refractivity contribution in [3.05, 3.63) is 29.3 Å². The number of aldehydes is 2. The lowest BCUT2D eigenvalue weighted by atomic mass is 10.0. The molecule has 140 valence electrons. The van der Waals surface area contributed by atoms with Gasteiger partial charge in [-0.3, -0.25) is 14.5 Å². The average molecular weight is 349 g/mol. The fourth-order valence-electron chi connectivity index (χ4n) is 2.43. The molecule has 0 heterocycles. The smallest absolute Gasteiger partial charge is 0.237 e. The van der Waals surface area contributed by atoms with Crippen LogP contribution in [0.4, 0.5) is 5.69 Å². The van der Waals surface area contributed by atoms with E-state index in [2.05, 4.69) is 24.5 Å². The highest BCUT2D eigenvalue weighted by molar-refractivity contribution is 5.82. The van der Waals surface area contributed by atoms with Crippen LogP contribution in [0.5, 0.6) is 0 Å². The number of rotatable bonds is 9. The molecule has 6 heteroatoms. The molecule has 1 aromatic rings. The molecule has 0 bridgehead atoms. The molecule has 2 N–H and O–H groups in total. The van der Waals surface area contributed by atoms with Gasteiger partial charge in [-0.25, -0.2) is 0 Å². The molecular weight excluding hydrogens is 318 g/mol. The summed E-state index contributed by atoms with van der Waals surface area (Å²) in [5.41, 5.74) is 2.27. The maximum Gasteiger partial charge on any atom is 0.237 e. The third kappa shape index (κ3) is 7.47. The molecule has 0 fully saturated rings. The van der Waals surface area contributed by atoms with Crippen molar-refractivity contribution in [2.24, 2.45) is 0 Å². The Balaban J connectivity index is 0.00000178. The van der Waals surface area contributed by atoms with Gasteiger partial charge < -0.3 is 15.4 Å². The van der Waals surface area contributed by atoms with E-state index >= 15 is 0 Å². The summed E-state index contributed by atoms with van der Waals surface area (Å²) in [6.07, 6.45) is 3.63. The normalized spacial score (nSPS) is 11.1. The number of amides is 1. The number of benzene rings is 1. The first kappa shape index (κ1) is 22.8. The predicted octanol–water partition coefficient (Wildman–Crippen LogP) is 2.48. The van der Waals surface area contributed by atoms with E-state index in [0.29, 0.717) is 24.9 Å². The third-order valence-electron chi connectivity index (χ3n) is 3.66. The van der Waals surface area contributed by atoms with Gasteiger partial charge >= 0.3 is 0 Å². The van der Waals surface area contributed by atoms with Crippen LogP contribution in [0, 0.1) is 0 Å². The zero-order chi connectivity index (χ0) is 19.2. The maximum atomic E-state index is 12.0. The second-order valence-corrected chi connectivity index (χ2v) is 5.74. The summed E-state index contributed by atoms with van der Waals surface area (Å²) >= 11 is 0. The van der Waals surface area contributed by atoms with Crippen LogP contribution in [0.3, 0.4) is 0 Å². The van der Waals surface area contributed by atoms with Gasteiger partial charge in [-0.2, -0.15) is 0 Å². The SMILES string of the molecule is CCC.CNC(=O)C(CCC=O)N(C)Cc1c(C=O)cccc1NC. The molecule has 0 saturated carbocycles. The van der Waals surface area contributed by atoms with Crippen molar-refractivity contribution in [3.8, 4) is 0 Å². The van der Waals surface area contributed by atoms with Gasteiger partial charge in [0.05, 0.1) is 6.04 Å². The minimum absolute atomic E-state index is 0.140. The molecule has 0 aliphatic heterocycles. The van der Waals surface area contributed by atoms with Gasteiger partial charge in [-0.05, 0) is 25.1 Å². The molecule has 25 heavy (non-hydrogen) atoms. The summed E-state index contributed by atoms with van der Waals surface area (Å²) in [5.74, 6) is -0.140. The Morgan fingerprint density at radius 1 is 1.24 bits per heavy atom. The molecule has 6 nitrogen and oxygen atoms in total. The van der Waals surface area contributed by atoms with E-state index in [4.69, 9.17) is 0 Å². The Morgan fingerprint density at radius 2 is 1.88 bits per heavy atom. The average Bonchev–Trinajstić information content (AvgIpc) is 2.62. The summed E-state index contributed by atoms with van der Waals surface area (Å²) in [6, 6.07) is 5.02. The van der Waals surface area contributed by atoms with E-state index in [1.54, 1.807) is 20.2 Å². The van der Waals surface area contributed by atoms with Crippen LogP contribution in [-0.4, -0.2) is 50.6 Å². The Kier molecular flexibility index (Phi) is 12.0. The van der Waals surface area contributed by atoms with Crippen molar-refractivity contribution >= 4 is 24.2 Å². The third-order valence-corrected chi connectivity index (χ3v) is 3.66. The maximum absolute atomic E-state index is 12.0. The molecule has 0 aromatic heterocycles. The molecule has 0 radical (unpaired) electrons. The molecule has 1 atom stereocenters. The highest BCUT2D eigenvalue weighted by Crippen LogP contribution is 2.21. The van der Waals surface area contributed by atoms with Gasteiger partial charge in [0.25, 0.3) is 0 Å². The lowest BCUT2D eigenvalue weighted by molar-refractivity contribution is -0.126. The molecule has 1 amide bonds. The fraction of sp³-hybridized carbons (Fsp3) is 0.526. The number of anilines is 1. The van der Waals surface area contributed by atoms with E-state index in [9.17, 15) is 14.4 Å². The number of nitrogens with zero attached hydrogens (tertiary/aromatic N) is 1. The highest BCUT2D eigenvalue weighted by Gasteiger charge is 2.23. The number of nitrogens with one attached hydrogen (secondary N) is 2. The summed E-state index contributed by atoms with van der Waals surface area (Å²) < 4.78 is 0. The van der Waals surface area contributed by atoms with Crippen molar-refractivity contribution in [2.45, 2.75) is 45.7 Å². The van der Waals surface area contributed by atoms with Crippen molar-refractivity contribution in [2.75, 3.05) is 26.5 Å². The molecule has 0 aliphatic carbocycles. The Hall–Kier alpha value is -2.21. The Morgan fingerprint density at radius 3 is 2.36 bits per heavy atom. The van der Waals surface area contributed by atoms with Crippen LogP contribution >= 0.6 is 0 Å². The fourth-order valence-corrected chi connectivity index (χ4v) is 2.43. The second-order valence-electron chi connectivity index (χ2n) is 5.74. The lowest BCUT2D eigenvalue weighted by Gasteiger charge is -2.27. The minimum atomic E-state index is -0.417. The monoisotopic (exact) mass is 349 g/mol. The van der Waals surface area contributed by atoms with E-state index in [1.807, 2.05) is 24.1 Å². The summed E-state index contributed by atoms with van der Waals surface area (Å²) in [5, 5.41) is 5.67. The first-order valence-corrected chi connectivity index (χ1v) is 8.60. The van der Waals surface area contributed by atoms with Crippen LogP contribution in [0.25, 0.3) is 0 Å². The number of hydrogen-bond acceptors (Lipinski definition) is 5. The van der Waals surface area contributed by atoms with Gasteiger partial charge in [-0.15, -0.1) is 0 Å². The van der Waals surface area contributed by atoms with E-state index in [0.717, 1.165) is 23.8 Å². The van der Waals surface area contributed by atoms with Crippen LogP contribution in [0.1, 0.15) is 49.0 Å². The molecule has 1 unspecified atom stereocenters. The largest absolute Gasteiger partial charge is 0.388 e. The zero-order valence-electron chi connectivity index (χ0n) is 16.0. The highest BCUT2D eigenvalue weighted by atomic mass is 16.2. The first-order valence-electron chi connectivity index (χ1n) is 8.60. The second kappa shape index (κ2) is 13.1. The van der Waals surface area contributed by atoms with Gasteiger partial charge in [0.1, 0.15) is 12.6 Å². The molecule has 1 aromatic carbocycles.